The second-order valence-corrected chi connectivity index (χ2v) is 3.82. The summed E-state index contributed by atoms with van der Waals surface area (Å²) in [5, 5.41) is 10.7. The zero-order valence-electron chi connectivity index (χ0n) is 9.02. The van der Waals surface area contributed by atoms with Gasteiger partial charge in [0.15, 0.2) is 0 Å². The summed E-state index contributed by atoms with van der Waals surface area (Å²) in [5.74, 6) is -0.988. The fraction of sp³-hybridized carbons (Fsp3) is 0.667. The van der Waals surface area contributed by atoms with Crippen molar-refractivity contribution in [2.45, 2.75) is 18.9 Å². The van der Waals surface area contributed by atoms with E-state index in [0.717, 1.165) is 6.42 Å². The van der Waals surface area contributed by atoms with Crippen molar-refractivity contribution in [3.05, 3.63) is 0 Å². The predicted octanol–water partition coefficient (Wildman–Crippen LogP) is 0.620. The Hall–Kier alpha value is -1.50. The lowest BCUT2D eigenvalue weighted by Crippen LogP contribution is -2.40. The van der Waals surface area contributed by atoms with Crippen LogP contribution in [0.25, 0.3) is 0 Å². The molecule has 0 aromatic heterocycles. The molecule has 2 N–H and O–H groups in total. The number of nitrogens with zero attached hydrogens (tertiary/aromatic N) is 1. The highest BCUT2D eigenvalue weighted by atomic mass is 35.5. The van der Waals surface area contributed by atoms with Crippen molar-refractivity contribution in [3.63, 3.8) is 0 Å². The van der Waals surface area contributed by atoms with E-state index in [1.165, 1.54) is 4.90 Å². The summed E-state index contributed by atoms with van der Waals surface area (Å²) in [6.07, 6.45) is -0.563. The fourth-order valence-corrected chi connectivity index (χ4v) is 1.68. The Morgan fingerprint density at radius 2 is 2.18 bits per heavy atom. The van der Waals surface area contributed by atoms with E-state index in [-0.39, 0.29) is 18.5 Å². The number of hydrogen-bond donors (Lipinski definition) is 2. The van der Waals surface area contributed by atoms with Crippen molar-refractivity contribution < 1.29 is 24.2 Å². The van der Waals surface area contributed by atoms with Crippen molar-refractivity contribution in [1.29, 1.82) is 0 Å². The maximum Gasteiger partial charge on any atom is 0.413 e. The Bertz CT molecular complexity index is 323. The average molecular weight is 265 g/mol. The molecule has 1 saturated heterocycles. The van der Waals surface area contributed by atoms with Crippen LogP contribution in [0.2, 0.25) is 0 Å². The molecule has 0 spiro atoms. The monoisotopic (exact) mass is 264 g/mol. The molecule has 17 heavy (non-hydrogen) atoms. The van der Waals surface area contributed by atoms with Crippen LogP contribution in [0, 0.1) is 0 Å². The molecule has 1 aliphatic heterocycles. The van der Waals surface area contributed by atoms with Gasteiger partial charge in [-0.2, -0.15) is 0 Å². The number of carbonyl (C=O) groups is 3. The molecular weight excluding hydrogens is 252 g/mol. The van der Waals surface area contributed by atoms with E-state index in [9.17, 15) is 14.4 Å². The third-order valence-corrected chi connectivity index (χ3v) is 2.64. The fourth-order valence-electron chi connectivity index (χ4n) is 1.62. The Kier molecular flexibility index (Phi) is 5.02. The van der Waals surface area contributed by atoms with E-state index in [1.54, 1.807) is 0 Å². The third-order valence-electron chi connectivity index (χ3n) is 2.39. The van der Waals surface area contributed by atoms with E-state index in [2.05, 4.69) is 0 Å². The SMILES string of the molecule is O=C(CCl)NC(=O)OC[C@@H]1CCCN1C(=O)O. The van der Waals surface area contributed by atoms with Gasteiger partial charge in [-0.05, 0) is 12.8 Å². The van der Waals surface area contributed by atoms with Crippen molar-refractivity contribution in [1.82, 2.24) is 10.2 Å². The zero-order valence-corrected chi connectivity index (χ0v) is 9.77. The minimum Gasteiger partial charge on any atom is -0.465 e. The number of rotatable bonds is 3. The van der Waals surface area contributed by atoms with Crippen LogP contribution >= 0.6 is 11.6 Å². The molecular formula is C9H13ClN2O5. The number of hydrogen-bond acceptors (Lipinski definition) is 4. The Morgan fingerprint density at radius 3 is 2.76 bits per heavy atom. The van der Waals surface area contributed by atoms with Crippen LogP contribution in [0.1, 0.15) is 12.8 Å². The largest absolute Gasteiger partial charge is 0.465 e. The summed E-state index contributed by atoms with van der Waals surface area (Å²) in [4.78, 5) is 33.8. The van der Waals surface area contributed by atoms with Gasteiger partial charge in [-0.1, -0.05) is 0 Å². The Balaban J connectivity index is 2.32. The van der Waals surface area contributed by atoms with E-state index in [1.807, 2.05) is 5.32 Å². The van der Waals surface area contributed by atoms with E-state index < -0.39 is 18.1 Å². The van der Waals surface area contributed by atoms with Crippen molar-refractivity contribution in [3.8, 4) is 0 Å². The van der Waals surface area contributed by atoms with Gasteiger partial charge in [0.2, 0.25) is 5.91 Å². The summed E-state index contributed by atoms with van der Waals surface area (Å²) in [7, 11) is 0. The quantitative estimate of drug-likeness (QED) is 0.729. The van der Waals surface area contributed by atoms with Crippen LogP contribution in [0.4, 0.5) is 9.59 Å². The van der Waals surface area contributed by atoms with Crippen LogP contribution in [-0.2, 0) is 9.53 Å². The summed E-state index contributed by atoms with van der Waals surface area (Å²) >= 11 is 5.18. The van der Waals surface area contributed by atoms with Gasteiger partial charge in [-0.3, -0.25) is 10.1 Å². The number of carboxylic acid groups (broad SMARTS) is 1. The minimum absolute atomic E-state index is 0.0618. The van der Waals surface area contributed by atoms with Gasteiger partial charge in [-0.15, -0.1) is 11.6 Å². The molecule has 7 nitrogen and oxygen atoms in total. The van der Waals surface area contributed by atoms with Crippen molar-refractivity contribution >= 4 is 29.7 Å². The van der Waals surface area contributed by atoms with Crippen LogP contribution in [-0.4, -0.2) is 53.2 Å². The van der Waals surface area contributed by atoms with Gasteiger partial charge in [0, 0.05) is 6.54 Å². The first-order valence-corrected chi connectivity index (χ1v) is 5.60. The van der Waals surface area contributed by atoms with Gasteiger partial charge in [0.1, 0.15) is 12.5 Å². The number of nitrogens with one attached hydrogen (secondary N) is 1. The van der Waals surface area contributed by atoms with E-state index in [0.29, 0.717) is 13.0 Å². The Labute approximate surface area is 103 Å². The molecule has 0 aliphatic carbocycles. The van der Waals surface area contributed by atoms with Crippen molar-refractivity contribution in [2.24, 2.45) is 0 Å². The standard InChI is InChI=1S/C9H13ClN2O5/c10-4-7(13)11-8(14)17-5-6-2-1-3-12(6)9(15)16/h6H,1-5H2,(H,15,16)(H,11,13,14)/t6-/m0/s1. The molecule has 1 atom stereocenters. The third kappa shape index (κ3) is 4.10. The number of likely N-dealkylation sites (tertiary alicyclic amines) is 1. The summed E-state index contributed by atoms with van der Waals surface area (Å²) in [5.41, 5.74) is 0. The summed E-state index contributed by atoms with van der Waals surface area (Å²) in [6, 6.07) is -0.343. The molecule has 0 aromatic rings. The molecule has 0 bridgehead atoms. The van der Waals surface area contributed by atoms with Crippen molar-refractivity contribution in [2.75, 3.05) is 19.0 Å². The maximum atomic E-state index is 11.1. The number of amides is 3. The second-order valence-electron chi connectivity index (χ2n) is 3.55. The molecule has 1 rings (SSSR count). The highest BCUT2D eigenvalue weighted by Gasteiger charge is 2.29. The minimum atomic E-state index is -1.03. The van der Waals surface area contributed by atoms with E-state index in [4.69, 9.17) is 21.4 Å². The average Bonchev–Trinajstić information content (AvgIpc) is 2.74. The smallest absolute Gasteiger partial charge is 0.413 e. The highest BCUT2D eigenvalue weighted by Crippen LogP contribution is 2.17. The first kappa shape index (κ1) is 13.6. The number of ether oxygens (including phenoxy) is 1. The molecule has 0 aromatic carbocycles. The van der Waals surface area contributed by atoms with Crippen LogP contribution in [0.15, 0.2) is 0 Å². The van der Waals surface area contributed by atoms with Gasteiger partial charge >= 0.3 is 12.2 Å². The van der Waals surface area contributed by atoms with Crippen LogP contribution < -0.4 is 5.32 Å². The van der Waals surface area contributed by atoms with Crippen LogP contribution in [0.3, 0.4) is 0 Å². The van der Waals surface area contributed by atoms with Gasteiger partial charge < -0.3 is 14.7 Å². The lowest BCUT2D eigenvalue weighted by Gasteiger charge is -2.20. The summed E-state index contributed by atoms with van der Waals surface area (Å²) in [6.45, 7) is 0.374. The molecule has 8 heteroatoms. The Morgan fingerprint density at radius 1 is 1.47 bits per heavy atom. The molecule has 0 unspecified atom stereocenters. The van der Waals surface area contributed by atoms with Gasteiger partial charge in [0.05, 0.1) is 6.04 Å². The van der Waals surface area contributed by atoms with E-state index >= 15 is 0 Å². The maximum absolute atomic E-state index is 11.1. The highest BCUT2D eigenvalue weighted by molar-refractivity contribution is 6.28. The predicted molar refractivity (Wildman–Crippen MR) is 58.0 cm³/mol. The number of alkyl halides is 1. The number of imide groups is 1. The number of halogens is 1. The normalized spacial score (nSPS) is 18.9. The molecule has 1 aliphatic rings. The number of alkyl carbamates (subject to hydrolysis) is 1. The molecule has 1 heterocycles. The zero-order chi connectivity index (χ0) is 12.8. The molecule has 0 radical (unpaired) electrons. The first-order valence-electron chi connectivity index (χ1n) is 5.06. The number of carbonyl (C=O) groups excluding carboxylic acids is 2. The molecule has 1 fully saturated rings. The second kappa shape index (κ2) is 6.29. The summed E-state index contributed by atoms with van der Waals surface area (Å²) < 4.78 is 4.74. The van der Waals surface area contributed by atoms with Gasteiger partial charge in [-0.25, -0.2) is 9.59 Å². The molecule has 0 saturated carbocycles. The topological polar surface area (TPSA) is 95.9 Å². The molecule has 96 valence electrons. The van der Waals surface area contributed by atoms with Gasteiger partial charge in [0.25, 0.3) is 0 Å². The first-order chi connectivity index (χ1) is 8.04. The lowest BCUT2D eigenvalue weighted by molar-refractivity contribution is -0.118. The molecule has 3 amide bonds. The van der Waals surface area contributed by atoms with Crippen LogP contribution in [0.5, 0.6) is 0 Å². The lowest BCUT2D eigenvalue weighted by atomic mass is 10.2.